The Kier molecular flexibility index (Phi) is 5.41. The molecule has 1 atom stereocenters. The van der Waals surface area contributed by atoms with Crippen LogP contribution in [0.1, 0.15) is 20.8 Å². The van der Waals surface area contributed by atoms with Gasteiger partial charge in [0.2, 0.25) is 5.88 Å². The van der Waals surface area contributed by atoms with E-state index in [1.165, 1.54) is 7.11 Å². The number of hydrogen-bond acceptors (Lipinski definition) is 6. The minimum absolute atomic E-state index is 0.0716. The molecule has 3 N–H and O–H groups in total. The van der Waals surface area contributed by atoms with E-state index in [4.69, 9.17) is 15.2 Å². The quantitative estimate of drug-likeness (QED) is 0.762. The first-order chi connectivity index (χ1) is 8.99. The largest absolute Gasteiger partial charge is 0.476 e. The SMILES string of the molecule is CCOc1nc(NC(C(=O)OC)C(C)C)ccc1N. The Hall–Kier alpha value is -1.98. The van der Waals surface area contributed by atoms with Gasteiger partial charge in [-0.05, 0) is 25.0 Å². The summed E-state index contributed by atoms with van der Waals surface area (Å²) in [5.74, 6) is 0.635. The normalized spacial score (nSPS) is 12.1. The number of methoxy groups -OCH3 is 1. The van der Waals surface area contributed by atoms with E-state index in [-0.39, 0.29) is 11.9 Å². The number of pyridine rings is 1. The van der Waals surface area contributed by atoms with Crippen molar-refractivity contribution in [2.24, 2.45) is 5.92 Å². The van der Waals surface area contributed by atoms with Gasteiger partial charge in [-0.3, -0.25) is 0 Å². The van der Waals surface area contributed by atoms with Crippen LogP contribution in [0.25, 0.3) is 0 Å². The van der Waals surface area contributed by atoms with Gasteiger partial charge < -0.3 is 20.5 Å². The molecule has 6 nitrogen and oxygen atoms in total. The Morgan fingerprint density at radius 2 is 2.16 bits per heavy atom. The van der Waals surface area contributed by atoms with Crippen LogP contribution in [0.5, 0.6) is 5.88 Å². The van der Waals surface area contributed by atoms with E-state index in [2.05, 4.69) is 10.3 Å². The van der Waals surface area contributed by atoms with Crippen molar-refractivity contribution in [1.82, 2.24) is 4.98 Å². The first kappa shape index (κ1) is 15.1. The fourth-order valence-corrected chi connectivity index (χ4v) is 1.57. The molecule has 0 aliphatic carbocycles. The summed E-state index contributed by atoms with van der Waals surface area (Å²) in [5.41, 5.74) is 6.21. The molecule has 0 spiro atoms. The summed E-state index contributed by atoms with van der Waals surface area (Å²) in [7, 11) is 1.36. The Labute approximate surface area is 113 Å². The van der Waals surface area contributed by atoms with Gasteiger partial charge in [-0.25, -0.2) is 4.79 Å². The van der Waals surface area contributed by atoms with Crippen LogP contribution in [-0.4, -0.2) is 30.7 Å². The minimum atomic E-state index is -0.462. The number of anilines is 2. The molecule has 0 amide bonds. The van der Waals surface area contributed by atoms with Crippen LogP contribution in [-0.2, 0) is 9.53 Å². The number of aromatic nitrogens is 1. The van der Waals surface area contributed by atoms with E-state index < -0.39 is 6.04 Å². The van der Waals surface area contributed by atoms with Gasteiger partial charge in [0, 0.05) is 0 Å². The first-order valence-electron chi connectivity index (χ1n) is 6.23. The number of carbonyl (C=O) groups is 1. The van der Waals surface area contributed by atoms with Crippen LogP contribution in [0.15, 0.2) is 12.1 Å². The minimum Gasteiger partial charge on any atom is -0.476 e. The lowest BCUT2D eigenvalue weighted by Crippen LogP contribution is -2.35. The molecule has 1 unspecified atom stereocenters. The number of carbonyl (C=O) groups excluding carboxylic acids is 1. The maximum absolute atomic E-state index is 11.7. The number of ether oxygens (including phenoxy) is 2. The number of esters is 1. The monoisotopic (exact) mass is 267 g/mol. The van der Waals surface area contributed by atoms with Crippen LogP contribution in [0.3, 0.4) is 0 Å². The molecule has 0 saturated carbocycles. The summed E-state index contributed by atoms with van der Waals surface area (Å²) < 4.78 is 10.1. The number of nitrogens with zero attached hydrogens (tertiary/aromatic N) is 1. The zero-order valence-electron chi connectivity index (χ0n) is 11.8. The molecule has 0 aliphatic rings. The van der Waals surface area contributed by atoms with Crippen molar-refractivity contribution in [3.05, 3.63) is 12.1 Å². The van der Waals surface area contributed by atoms with Gasteiger partial charge >= 0.3 is 5.97 Å². The maximum atomic E-state index is 11.7. The molecule has 0 saturated heterocycles. The standard InChI is InChI=1S/C13H21N3O3/c1-5-19-12-9(14)6-7-10(16-12)15-11(8(2)3)13(17)18-4/h6-8,11H,5,14H2,1-4H3,(H,15,16). The third-order valence-corrected chi connectivity index (χ3v) is 2.60. The maximum Gasteiger partial charge on any atom is 0.328 e. The van der Waals surface area contributed by atoms with Gasteiger partial charge in [-0.15, -0.1) is 0 Å². The lowest BCUT2D eigenvalue weighted by Gasteiger charge is -2.20. The lowest BCUT2D eigenvalue weighted by atomic mass is 10.0. The molecule has 0 bridgehead atoms. The van der Waals surface area contributed by atoms with Gasteiger partial charge in [0.1, 0.15) is 11.9 Å². The van der Waals surface area contributed by atoms with Crippen molar-refractivity contribution in [1.29, 1.82) is 0 Å². The number of nitrogen functional groups attached to an aromatic ring is 1. The predicted octanol–water partition coefficient (Wildman–Crippen LogP) is 1.67. The number of rotatable bonds is 6. The number of hydrogen-bond donors (Lipinski definition) is 2. The summed E-state index contributed by atoms with van der Waals surface area (Å²) in [6.45, 7) is 6.18. The summed E-state index contributed by atoms with van der Waals surface area (Å²) in [4.78, 5) is 15.9. The highest BCUT2D eigenvalue weighted by Crippen LogP contribution is 2.22. The predicted molar refractivity (Wildman–Crippen MR) is 74.1 cm³/mol. The van der Waals surface area contributed by atoms with Crippen molar-refractivity contribution >= 4 is 17.5 Å². The van der Waals surface area contributed by atoms with E-state index >= 15 is 0 Å². The summed E-state index contributed by atoms with van der Waals surface area (Å²) in [6, 6.07) is 2.93. The fraction of sp³-hybridized carbons (Fsp3) is 0.538. The van der Waals surface area contributed by atoms with E-state index in [9.17, 15) is 4.79 Å². The fourth-order valence-electron chi connectivity index (χ4n) is 1.57. The Morgan fingerprint density at radius 3 is 2.68 bits per heavy atom. The lowest BCUT2D eigenvalue weighted by molar-refractivity contribution is -0.142. The van der Waals surface area contributed by atoms with Gasteiger partial charge in [0.05, 0.1) is 19.4 Å². The highest BCUT2D eigenvalue weighted by molar-refractivity contribution is 5.79. The van der Waals surface area contributed by atoms with Gasteiger partial charge in [0.15, 0.2) is 0 Å². The molecule has 0 radical (unpaired) electrons. The second kappa shape index (κ2) is 6.82. The van der Waals surface area contributed by atoms with E-state index in [0.717, 1.165) is 0 Å². The van der Waals surface area contributed by atoms with Gasteiger partial charge in [0.25, 0.3) is 0 Å². The first-order valence-corrected chi connectivity index (χ1v) is 6.23. The molecule has 1 rings (SSSR count). The third-order valence-electron chi connectivity index (χ3n) is 2.60. The second-order valence-corrected chi connectivity index (χ2v) is 4.41. The van der Waals surface area contributed by atoms with E-state index in [1.54, 1.807) is 12.1 Å². The summed E-state index contributed by atoms with van der Waals surface area (Å²) in [5, 5.41) is 3.03. The average molecular weight is 267 g/mol. The summed E-state index contributed by atoms with van der Waals surface area (Å²) in [6.07, 6.45) is 0. The van der Waals surface area contributed by atoms with Gasteiger partial charge in [-0.2, -0.15) is 4.98 Å². The highest BCUT2D eigenvalue weighted by Gasteiger charge is 2.23. The van der Waals surface area contributed by atoms with Crippen molar-refractivity contribution in [2.45, 2.75) is 26.8 Å². The van der Waals surface area contributed by atoms with Crippen LogP contribution in [0, 0.1) is 5.92 Å². The Morgan fingerprint density at radius 1 is 1.47 bits per heavy atom. The smallest absolute Gasteiger partial charge is 0.328 e. The topological polar surface area (TPSA) is 86.5 Å². The molecule has 0 aromatic carbocycles. The summed E-state index contributed by atoms with van der Waals surface area (Å²) >= 11 is 0. The van der Waals surface area contributed by atoms with Crippen LogP contribution in [0.4, 0.5) is 11.5 Å². The molecular weight excluding hydrogens is 246 g/mol. The third kappa shape index (κ3) is 4.01. The van der Waals surface area contributed by atoms with Crippen LogP contribution < -0.4 is 15.8 Å². The Balaban J connectivity index is 2.90. The molecule has 1 heterocycles. The van der Waals surface area contributed by atoms with Crippen LogP contribution in [0.2, 0.25) is 0 Å². The average Bonchev–Trinajstić information content (AvgIpc) is 2.38. The molecule has 0 aliphatic heterocycles. The molecule has 19 heavy (non-hydrogen) atoms. The number of nitrogens with one attached hydrogen (secondary N) is 1. The Bertz CT molecular complexity index is 435. The van der Waals surface area contributed by atoms with E-state index in [0.29, 0.717) is 24.0 Å². The molecule has 1 aromatic heterocycles. The van der Waals surface area contributed by atoms with Gasteiger partial charge in [-0.1, -0.05) is 13.8 Å². The molecule has 1 aromatic rings. The molecule has 106 valence electrons. The van der Waals surface area contributed by atoms with E-state index in [1.807, 2.05) is 20.8 Å². The molecule has 0 fully saturated rings. The second-order valence-electron chi connectivity index (χ2n) is 4.41. The number of nitrogens with two attached hydrogens (primary N) is 1. The van der Waals surface area contributed by atoms with Crippen molar-refractivity contribution in [3.8, 4) is 5.88 Å². The zero-order chi connectivity index (χ0) is 14.4. The molecular formula is C13H21N3O3. The van der Waals surface area contributed by atoms with Crippen LogP contribution >= 0.6 is 0 Å². The van der Waals surface area contributed by atoms with Crippen molar-refractivity contribution in [2.75, 3.05) is 24.8 Å². The zero-order valence-corrected chi connectivity index (χ0v) is 11.8. The van der Waals surface area contributed by atoms with Crippen molar-refractivity contribution < 1.29 is 14.3 Å². The van der Waals surface area contributed by atoms with Crippen molar-refractivity contribution in [3.63, 3.8) is 0 Å². The molecule has 6 heteroatoms. The highest BCUT2D eigenvalue weighted by atomic mass is 16.5.